The summed E-state index contributed by atoms with van der Waals surface area (Å²) in [5.74, 6) is -0.0365. The van der Waals surface area contributed by atoms with E-state index in [-0.39, 0.29) is 11.6 Å². The summed E-state index contributed by atoms with van der Waals surface area (Å²) in [6.45, 7) is 4.06. The molecule has 0 aliphatic rings. The van der Waals surface area contributed by atoms with Crippen LogP contribution in [0.2, 0.25) is 0 Å². The van der Waals surface area contributed by atoms with Crippen LogP contribution in [0.4, 0.5) is 11.4 Å². The second kappa shape index (κ2) is 9.40. The zero-order valence-corrected chi connectivity index (χ0v) is 19.2. The lowest BCUT2D eigenvalue weighted by Gasteiger charge is -2.13. The summed E-state index contributed by atoms with van der Waals surface area (Å²) in [5, 5.41) is 3.42. The molecule has 31 heavy (non-hydrogen) atoms. The third-order valence-corrected chi connectivity index (χ3v) is 6.09. The van der Waals surface area contributed by atoms with Crippen LogP contribution in [0, 0.1) is 13.8 Å². The van der Waals surface area contributed by atoms with E-state index in [2.05, 4.69) is 21.1 Å². The lowest BCUT2D eigenvalue weighted by Crippen LogP contribution is -2.14. The maximum atomic E-state index is 13.0. The first-order valence-corrected chi connectivity index (χ1v) is 12.0. The van der Waals surface area contributed by atoms with Crippen molar-refractivity contribution in [3.05, 3.63) is 71.4 Å². The van der Waals surface area contributed by atoms with Crippen molar-refractivity contribution in [1.82, 2.24) is 4.98 Å². The van der Waals surface area contributed by atoms with E-state index >= 15 is 0 Å². The largest absolute Gasteiger partial charge is 0.494 e. The number of nitrogens with one attached hydrogen (secondary N) is 2. The number of benzene rings is 2. The van der Waals surface area contributed by atoms with Gasteiger partial charge in [-0.2, -0.15) is 0 Å². The average molecular weight is 458 g/mol. The molecule has 3 rings (SSSR count). The van der Waals surface area contributed by atoms with Crippen molar-refractivity contribution in [3.63, 3.8) is 0 Å². The Kier molecular flexibility index (Phi) is 6.87. The standard InChI is InChI=1S/C22H23N3O4S2/c1-14-7-10-20(15(2)12-14)30-22-17(6-5-11-23-22)21(26)24-16-8-9-18(19(13-16)29-3)25-31(4,27)28/h5-13,25H,1-4H3,(H,24,26). The number of ether oxygens (including phenoxy) is 1. The van der Waals surface area contributed by atoms with Gasteiger partial charge in [0.15, 0.2) is 0 Å². The smallest absolute Gasteiger partial charge is 0.258 e. The van der Waals surface area contributed by atoms with Crippen molar-refractivity contribution >= 4 is 39.1 Å². The fourth-order valence-corrected chi connectivity index (χ4v) is 4.43. The van der Waals surface area contributed by atoms with Gasteiger partial charge in [0, 0.05) is 22.8 Å². The SMILES string of the molecule is COc1cc(NC(=O)c2cccnc2Sc2ccc(C)cc2C)ccc1NS(C)(=O)=O. The summed E-state index contributed by atoms with van der Waals surface area (Å²) >= 11 is 1.43. The number of methoxy groups -OCH3 is 1. The fourth-order valence-electron chi connectivity index (χ4n) is 2.91. The van der Waals surface area contributed by atoms with Gasteiger partial charge in [0.25, 0.3) is 5.91 Å². The Bertz CT molecular complexity index is 1230. The Balaban J connectivity index is 1.84. The maximum Gasteiger partial charge on any atom is 0.258 e. The van der Waals surface area contributed by atoms with E-state index in [1.807, 2.05) is 26.0 Å². The highest BCUT2D eigenvalue weighted by atomic mass is 32.2. The van der Waals surface area contributed by atoms with Crippen LogP contribution < -0.4 is 14.8 Å². The molecule has 1 aromatic heterocycles. The molecule has 0 bridgehead atoms. The van der Waals surface area contributed by atoms with Crippen molar-refractivity contribution < 1.29 is 17.9 Å². The number of hydrogen-bond acceptors (Lipinski definition) is 6. The molecule has 0 unspecified atom stereocenters. The van der Waals surface area contributed by atoms with Gasteiger partial charge in [0.1, 0.15) is 10.8 Å². The lowest BCUT2D eigenvalue weighted by molar-refractivity contribution is 0.102. The molecule has 0 fully saturated rings. The van der Waals surface area contributed by atoms with Gasteiger partial charge in [0.05, 0.1) is 24.6 Å². The summed E-state index contributed by atoms with van der Waals surface area (Å²) in [6, 6.07) is 14.2. The van der Waals surface area contributed by atoms with Crippen molar-refractivity contribution in [2.24, 2.45) is 0 Å². The second-order valence-electron chi connectivity index (χ2n) is 6.97. The molecule has 3 aromatic rings. The number of carbonyl (C=O) groups excluding carboxylic acids is 1. The summed E-state index contributed by atoms with van der Waals surface area (Å²) in [5.41, 5.74) is 3.47. The van der Waals surface area contributed by atoms with Crippen molar-refractivity contribution in [2.45, 2.75) is 23.8 Å². The summed E-state index contributed by atoms with van der Waals surface area (Å²) in [7, 11) is -2.03. The highest BCUT2D eigenvalue weighted by Crippen LogP contribution is 2.33. The first kappa shape index (κ1) is 22.6. The predicted molar refractivity (Wildman–Crippen MR) is 124 cm³/mol. The van der Waals surface area contributed by atoms with Crippen molar-refractivity contribution in [1.29, 1.82) is 0 Å². The van der Waals surface area contributed by atoms with Gasteiger partial charge in [-0.25, -0.2) is 13.4 Å². The van der Waals surface area contributed by atoms with E-state index in [4.69, 9.17) is 4.74 Å². The third kappa shape index (κ3) is 5.99. The van der Waals surface area contributed by atoms with Gasteiger partial charge < -0.3 is 10.1 Å². The Morgan fingerprint density at radius 1 is 1.10 bits per heavy atom. The molecule has 1 amide bonds. The van der Waals surface area contributed by atoms with E-state index in [0.29, 0.717) is 22.0 Å². The average Bonchev–Trinajstić information content (AvgIpc) is 2.70. The number of aromatic nitrogens is 1. The molecule has 0 saturated carbocycles. The molecule has 2 aromatic carbocycles. The van der Waals surface area contributed by atoms with E-state index in [1.54, 1.807) is 30.5 Å². The predicted octanol–water partition coefficient (Wildman–Crippen LogP) is 4.48. The highest BCUT2D eigenvalue weighted by Gasteiger charge is 2.16. The quantitative estimate of drug-likeness (QED) is 0.543. The molecule has 0 atom stereocenters. The number of rotatable bonds is 7. The van der Waals surface area contributed by atoms with Crippen molar-refractivity contribution in [2.75, 3.05) is 23.4 Å². The summed E-state index contributed by atoms with van der Waals surface area (Å²) in [6.07, 6.45) is 2.71. The molecule has 0 radical (unpaired) electrons. The van der Waals surface area contributed by atoms with Crippen LogP contribution in [0.3, 0.4) is 0 Å². The first-order valence-electron chi connectivity index (χ1n) is 9.33. The maximum absolute atomic E-state index is 13.0. The Hall–Kier alpha value is -3.04. The Morgan fingerprint density at radius 3 is 2.55 bits per heavy atom. The number of anilines is 2. The minimum Gasteiger partial charge on any atom is -0.494 e. The lowest BCUT2D eigenvalue weighted by atomic mass is 10.2. The van der Waals surface area contributed by atoms with Gasteiger partial charge in [-0.3, -0.25) is 9.52 Å². The second-order valence-corrected chi connectivity index (χ2v) is 9.75. The van der Waals surface area contributed by atoms with E-state index in [1.165, 1.54) is 30.5 Å². The van der Waals surface area contributed by atoms with Gasteiger partial charge in [-0.1, -0.05) is 29.5 Å². The fraction of sp³-hybridized carbons (Fsp3) is 0.182. The highest BCUT2D eigenvalue weighted by molar-refractivity contribution is 7.99. The van der Waals surface area contributed by atoms with Crippen molar-refractivity contribution in [3.8, 4) is 5.75 Å². The first-order chi connectivity index (χ1) is 14.7. The number of amides is 1. The monoisotopic (exact) mass is 457 g/mol. The molecule has 162 valence electrons. The minimum absolute atomic E-state index is 0.287. The summed E-state index contributed by atoms with van der Waals surface area (Å²) in [4.78, 5) is 18.4. The van der Waals surface area contributed by atoms with Crippen LogP contribution in [-0.2, 0) is 10.0 Å². The molecule has 0 saturated heterocycles. The number of pyridine rings is 1. The Labute approximate surface area is 186 Å². The molecule has 0 aliphatic carbocycles. The van der Waals surface area contributed by atoms with Gasteiger partial charge >= 0.3 is 0 Å². The topological polar surface area (TPSA) is 97.4 Å². The zero-order chi connectivity index (χ0) is 22.6. The van der Waals surface area contributed by atoms with Crippen LogP contribution in [-0.4, -0.2) is 32.7 Å². The molecular weight excluding hydrogens is 434 g/mol. The molecule has 0 spiro atoms. The molecule has 2 N–H and O–H groups in total. The number of hydrogen-bond donors (Lipinski definition) is 2. The normalized spacial score (nSPS) is 11.1. The third-order valence-electron chi connectivity index (χ3n) is 4.31. The van der Waals surface area contributed by atoms with E-state index in [0.717, 1.165) is 16.7 Å². The van der Waals surface area contributed by atoms with Crippen LogP contribution in [0.15, 0.2) is 64.6 Å². The minimum atomic E-state index is -3.46. The molecule has 9 heteroatoms. The van der Waals surface area contributed by atoms with Gasteiger partial charge in [0.2, 0.25) is 10.0 Å². The number of sulfonamides is 1. The van der Waals surface area contributed by atoms with Gasteiger partial charge in [-0.05, 0) is 49.7 Å². The van der Waals surface area contributed by atoms with E-state index in [9.17, 15) is 13.2 Å². The summed E-state index contributed by atoms with van der Waals surface area (Å²) < 4.78 is 30.6. The van der Waals surface area contributed by atoms with Crippen LogP contribution >= 0.6 is 11.8 Å². The number of aryl methyl sites for hydroxylation is 2. The number of carbonyl (C=O) groups is 1. The molecular formula is C22H23N3O4S2. The van der Waals surface area contributed by atoms with Crippen LogP contribution in [0.1, 0.15) is 21.5 Å². The van der Waals surface area contributed by atoms with Crippen LogP contribution in [0.25, 0.3) is 0 Å². The molecule has 0 aliphatic heterocycles. The number of nitrogens with zero attached hydrogens (tertiary/aromatic N) is 1. The van der Waals surface area contributed by atoms with E-state index < -0.39 is 10.0 Å². The zero-order valence-electron chi connectivity index (χ0n) is 17.6. The van der Waals surface area contributed by atoms with Crippen LogP contribution in [0.5, 0.6) is 5.75 Å². The van der Waals surface area contributed by atoms with Gasteiger partial charge in [-0.15, -0.1) is 0 Å². The Morgan fingerprint density at radius 2 is 1.87 bits per heavy atom. The molecule has 7 nitrogen and oxygen atoms in total. The molecule has 1 heterocycles.